The Kier molecular flexibility index (Phi) is 5.00. The van der Waals surface area contributed by atoms with Gasteiger partial charge in [-0.05, 0) is 41.7 Å². The van der Waals surface area contributed by atoms with E-state index in [0.717, 1.165) is 18.4 Å². The number of hydrogen-bond donors (Lipinski definition) is 2. The van der Waals surface area contributed by atoms with E-state index in [1.807, 2.05) is 16.3 Å². The fourth-order valence-corrected chi connectivity index (χ4v) is 2.61. The zero-order chi connectivity index (χ0) is 14.5. The van der Waals surface area contributed by atoms with Crippen LogP contribution in [0.3, 0.4) is 0 Å². The second-order valence-corrected chi connectivity index (χ2v) is 6.03. The van der Waals surface area contributed by atoms with Crippen LogP contribution in [0.4, 0.5) is 4.79 Å². The minimum absolute atomic E-state index is 0.0868. The van der Waals surface area contributed by atoms with Gasteiger partial charge in [0.15, 0.2) is 0 Å². The van der Waals surface area contributed by atoms with Gasteiger partial charge in [-0.25, -0.2) is 4.79 Å². The second kappa shape index (κ2) is 6.74. The van der Waals surface area contributed by atoms with E-state index in [2.05, 4.69) is 10.7 Å². The van der Waals surface area contributed by atoms with Crippen LogP contribution >= 0.6 is 11.3 Å². The average Bonchev–Trinajstić information content (AvgIpc) is 3.12. The molecule has 1 aliphatic carbocycles. The molecule has 2 rings (SSSR count). The second-order valence-electron chi connectivity index (χ2n) is 5.25. The van der Waals surface area contributed by atoms with Crippen molar-refractivity contribution in [3.05, 3.63) is 22.4 Å². The maximum Gasteiger partial charge on any atom is 0.317 e. The van der Waals surface area contributed by atoms with Crippen LogP contribution in [0, 0.1) is 5.92 Å². The summed E-state index contributed by atoms with van der Waals surface area (Å²) in [6.45, 7) is 2.69. The number of carboxylic acid groups (broad SMARTS) is 1. The number of amides is 2. The minimum atomic E-state index is -0.823. The highest BCUT2D eigenvalue weighted by molar-refractivity contribution is 7.07. The van der Waals surface area contributed by atoms with Crippen LogP contribution in [0.2, 0.25) is 0 Å². The molecule has 5 nitrogen and oxygen atoms in total. The van der Waals surface area contributed by atoms with E-state index in [4.69, 9.17) is 5.11 Å². The first-order valence-corrected chi connectivity index (χ1v) is 7.80. The fraction of sp³-hybridized carbons (Fsp3) is 0.571. The molecule has 2 N–H and O–H groups in total. The maximum absolute atomic E-state index is 12.2. The Bertz CT molecular complexity index is 457. The first-order chi connectivity index (χ1) is 9.58. The van der Waals surface area contributed by atoms with Crippen molar-refractivity contribution in [2.24, 2.45) is 5.92 Å². The van der Waals surface area contributed by atoms with Crippen LogP contribution < -0.4 is 5.32 Å². The molecular weight excluding hydrogens is 276 g/mol. The Labute approximate surface area is 122 Å². The quantitative estimate of drug-likeness (QED) is 0.812. The standard InChI is InChI=1S/C14H20N2O3S/c1-10(13(17)18)4-6-15-14(19)16(12-2-3-12)8-11-5-7-20-9-11/h5,7,9-10,12H,2-4,6,8H2,1H3,(H,15,19)(H,17,18). The molecule has 1 unspecified atom stereocenters. The molecule has 1 aromatic rings. The van der Waals surface area contributed by atoms with Gasteiger partial charge in [-0.15, -0.1) is 0 Å². The van der Waals surface area contributed by atoms with E-state index in [9.17, 15) is 9.59 Å². The highest BCUT2D eigenvalue weighted by atomic mass is 32.1. The van der Waals surface area contributed by atoms with Crippen molar-refractivity contribution in [2.45, 2.75) is 38.8 Å². The summed E-state index contributed by atoms with van der Waals surface area (Å²) < 4.78 is 0. The lowest BCUT2D eigenvalue weighted by molar-refractivity contribution is -0.141. The summed E-state index contributed by atoms with van der Waals surface area (Å²) in [5.74, 6) is -1.25. The number of carbonyl (C=O) groups excluding carboxylic acids is 1. The lowest BCUT2D eigenvalue weighted by Gasteiger charge is -2.22. The highest BCUT2D eigenvalue weighted by Crippen LogP contribution is 2.28. The number of carbonyl (C=O) groups is 2. The highest BCUT2D eigenvalue weighted by Gasteiger charge is 2.32. The molecule has 1 aliphatic rings. The number of nitrogens with one attached hydrogen (secondary N) is 1. The zero-order valence-corrected chi connectivity index (χ0v) is 12.4. The summed E-state index contributed by atoms with van der Waals surface area (Å²) in [5, 5.41) is 15.7. The van der Waals surface area contributed by atoms with Crippen molar-refractivity contribution in [1.29, 1.82) is 0 Å². The van der Waals surface area contributed by atoms with Gasteiger partial charge in [-0.2, -0.15) is 11.3 Å². The van der Waals surface area contributed by atoms with Crippen LogP contribution in [0.15, 0.2) is 16.8 Å². The van der Waals surface area contributed by atoms with Gasteiger partial charge in [0.1, 0.15) is 0 Å². The van der Waals surface area contributed by atoms with Crippen molar-refractivity contribution < 1.29 is 14.7 Å². The summed E-state index contributed by atoms with van der Waals surface area (Å²) in [6.07, 6.45) is 2.57. The molecule has 110 valence electrons. The van der Waals surface area contributed by atoms with Crippen LogP contribution in [-0.4, -0.2) is 34.6 Å². The molecule has 1 heterocycles. The lowest BCUT2D eigenvalue weighted by Crippen LogP contribution is -2.41. The Balaban J connectivity index is 1.80. The van der Waals surface area contributed by atoms with Crippen LogP contribution in [0.1, 0.15) is 31.7 Å². The zero-order valence-electron chi connectivity index (χ0n) is 11.5. The summed E-state index contributed by atoms with van der Waals surface area (Å²) in [5.41, 5.74) is 1.15. The number of hydrogen-bond acceptors (Lipinski definition) is 3. The van der Waals surface area contributed by atoms with Crippen molar-refractivity contribution in [3.63, 3.8) is 0 Å². The third kappa shape index (κ3) is 4.23. The molecule has 0 aliphatic heterocycles. The van der Waals surface area contributed by atoms with Gasteiger partial charge in [-0.1, -0.05) is 6.92 Å². The topological polar surface area (TPSA) is 69.6 Å². The van der Waals surface area contributed by atoms with Gasteiger partial charge in [0, 0.05) is 19.1 Å². The van der Waals surface area contributed by atoms with E-state index >= 15 is 0 Å². The van der Waals surface area contributed by atoms with Crippen LogP contribution in [0.5, 0.6) is 0 Å². The largest absolute Gasteiger partial charge is 0.481 e. The molecular formula is C14H20N2O3S. The molecule has 6 heteroatoms. The molecule has 0 saturated heterocycles. The van der Waals surface area contributed by atoms with E-state index in [0.29, 0.717) is 25.6 Å². The third-order valence-electron chi connectivity index (χ3n) is 3.46. The molecule has 0 spiro atoms. The molecule has 1 fully saturated rings. The van der Waals surface area contributed by atoms with Crippen LogP contribution in [-0.2, 0) is 11.3 Å². The number of rotatable bonds is 7. The average molecular weight is 296 g/mol. The van der Waals surface area contributed by atoms with Crippen molar-refractivity contribution in [1.82, 2.24) is 10.2 Å². The SMILES string of the molecule is CC(CCNC(=O)N(Cc1ccsc1)C1CC1)C(=O)O. The monoisotopic (exact) mass is 296 g/mol. The van der Waals surface area contributed by atoms with Gasteiger partial charge in [0.05, 0.1) is 5.92 Å². The predicted molar refractivity (Wildman–Crippen MR) is 77.7 cm³/mol. The van der Waals surface area contributed by atoms with Gasteiger partial charge >= 0.3 is 12.0 Å². The first-order valence-electron chi connectivity index (χ1n) is 6.86. The number of carboxylic acids is 1. The lowest BCUT2D eigenvalue weighted by atomic mass is 10.1. The molecule has 20 heavy (non-hydrogen) atoms. The molecule has 1 aromatic heterocycles. The summed E-state index contributed by atoms with van der Waals surface area (Å²) in [7, 11) is 0. The van der Waals surface area contributed by atoms with Crippen LogP contribution in [0.25, 0.3) is 0 Å². The number of urea groups is 1. The predicted octanol–water partition coefficient (Wildman–Crippen LogP) is 2.53. The number of aliphatic carboxylic acids is 1. The first kappa shape index (κ1) is 14.8. The molecule has 0 bridgehead atoms. The molecule has 2 amide bonds. The van der Waals surface area contributed by atoms with Gasteiger partial charge in [0.25, 0.3) is 0 Å². The maximum atomic E-state index is 12.2. The molecule has 0 radical (unpaired) electrons. The number of thiophene rings is 1. The molecule has 1 atom stereocenters. The van der Waals surface area contributed by atoms with Crippen molar-refractivity contribution in [3.8, 4) is 0 Å². The van der Waals surface area contributed by atoms with Crippen molar-refractivity contribution >= 4 is 23.3 Å². The van der Waals surface area contributed by atoms with E-state index in [1.54, 1.807) is 18.3 Å². The summed E-state index contributed by atoms with van der Waals surface area (Å²) >= 11 is 1.63. The fourth-order valence-electron chi connectivity index (χ4n) is 1.95. The van der Waals surface area contributed by atoms with E-state index in [-0.39, 0.29) is 6.03 Å². The smallest absolute Gasteiger partial charge is 0.317 e. The molecule has 1 saturated carbocycles. The van der Waals surface area contributed by atoms with Gasteiger partial charge < -0.3 is 15.3 Å². The summed E-state index contributed by atoms with van der Waals surface area (Å²) in [6, 6.07) is 2.28. The minimum Gasteiger partial charge on any atom is -0.481 e. The Morgan fingerprint density at radius 2 is 2.30 bits per heavy atom. The Morgan fingerprint density at radius 3 is 2.85 bits per heavy atom. The van der Waals surface area contributed by atoms with Gasteiger partial charge in [-0.3, -0.25) is 4.79 Å². The van der Waals surface area contributed by atoms with E-state index in [1.165, 1.54) is 0 Å². The van der Waals surface area contributed by atoms with Gasteiger partial charge in [0.2, 0.25) is 0 Å². The normalized spacial score (nSPS) is 15.7. The van der Waals surface area contributed by atoms with Crippen molar-refractivity contribution in [2.75, 3.05) is 6.54 Å². The Hall–Kier alpha value is -1.56. The molecule has 0 aromatic carbocycles. The summed E-state index contributed by atoms with van der Waals surface area (Å²) in [4.78, 5) is 24.7. The number of nitrogens with zero attached hydrogens (tertiary/aromatic N) is 1. The van der Waals surface area contributed by atoms with E-state index < -0.39 is 11.9 Å². The third-order valence-corrected chi connectivity index (χ3v) is 4.19. The Morgan fingerprint density at radius 1 is 1.55 bits per heavy atom.